The third kappa shape index (κ3) is 9.19. The van der Waals surface area contributed by atoms with E-state index in [2.05, 4.69) is 13.5 Å². The monoisotopic (exact) mass is 454 g/mol. The lowest BCUT2D eigenvalue weighted by atomic mass is 10.1. The van der Waals surface area contributed by atoms with Crippen LogP contribution in [0, 0.1) is 0 Å². The fourth-order valence-corrected chi connectivity index (χ4v) is 2.91. The number of carbonyl (C=O) groups excluding carboxylic acids is 3. The Labute approximate surface area is 194 Å². The van der Waals surface area contributed by atoms with Crippen molar-refractivity contribution < 1.29 is 33.3 Å². The average molecular weight is 455 g/mol. The maximum absolute atomic E-state index is 12.3. The van der Waals surface area contributed by atoms with Gasteiger partial charge in [-0.2, -0.15) is 0 Å². The molecule has 0 heterocycles. The van der Waals surface area contributed by atoms with Crippen LogP contribution in [0.25, 0.3) is 0 Å². The van der Waals surface area contributed by atoms with Crippen LogP contribution in [0.1, 0.15) is 66.7 Å². The lowest BCUT2D eigenvalue weighted by Crippen LogP contribution is -2.15. The number of rotatable bonds is 12. The zero-order chi connectivity index (χ0) is 24.1. The molecule has 0 N–H and O–H groups in total. The van der Waals surface area contributed by atoms with E-state index < -0.39 is 18.1 Å². The second-order valence-electron chi connectivity index (χ2n) is 7.46. The molecule has 0 fully saturated rings. The Hall–Kier alpha value is -3.61. The Kier molecular flexibility index (Phi) is 10.7. The SMILES string of the molecule is C=CCOC(=O)Oc1ccc(C(=O)Oc2ccc(C(=O)OC(C)CCCCCC)cc2)cc1. The van der Waals surface area contributed by atoms with Crippen molar-refractivity contribution in [3.8, 4) is 11.5 Å². The molecule has 0 aliphatic carbocycles. The van der Waals surface area contributed by atoms with Crippen molar-refractivity contribution in [2.45, 2.75) is 52.1 Å². The number of carbonyl (C=O) groups is 3. The minimum atomic E-state index is -0.866. The highest BCUT2D eigenvalue weighted by molar-refractivity contribution is 5.92. The third-order valence-electron chi connectivity index (χ3n) is 4.68. The summed E-state index contributed by atoms with van der Waals surface area (Å²) in [5.41, 5.74) is 0.655. The van der Waals surface area contributed by atoms with Crippen LogP contribution in [0.5, 0.6) is 11.5 Å². The molecular formula is C26H30O7. The van der Waals surface area contributed by atoms with E-state index in [4.69, 9.17) is 18.9 Å². The predicted molar refractivity (Wildman–Crippen MR) is 124 cm³/mol. The quantitative estimate of drug-likeness (QED) is 0.125. The molecule has 1 unspecified atom stereocenters. The van der Waals surface area contributed by atoms with Crippen molar-refractivity contribution in [3.05, 3.63) is 72.3 Å². The van der Waals surface area contributed by atoms with Gasteiger partial charge >= 0.3 is 18.1 Å². The lowest BCUT2D eigenvalue weighted by molar-refractivity contribution is 0.0319. The summed E-state index contributed by atoms with van der Waals surface area (Å²) in [7, 11) is 0. The summed E-state index contributed by atoms with van der Waals surface area (Å²) in [6.45, 7) is 7.52. The topological polar surface area (TPSA) is 88.1 Å². The van der Waals surface area contributed by atoms with Gasteiger partial charge in [-0.1, -0.05) is 38.8 Å². The number of hydrogen-bond donors (Lipinski definition) is 0. The standard InChI is InChI=1S/C26H30O7/c1-4-6-7-8-9-19(3)31-24(27)20-10-14-22(15-11-20)32-25(28)21-12-16-23(17-13-21)33-26(29)30-18-5-2/h5,10-17,19H,2,4,6-9,18H2,1,3H3. The number of esters is 2. The van der Waals surface area contributed by atoms with Crippen LogP contribution in [0.3, 0.4) is 0 Å². The Morgan fingerprint density at radius 2 is 1.42 bits per heavy atom. The summed E-state index contributed by atoms with van der Waals surface area (Å²) in [5, 5.41) is 0. The van der Waals surface area contributed by atoms with Gasteiger partial charge in [-0.3, -0.25) is 0 Å². The van der Waals surface area contributed by atoms with Crippen molar-refractivity contribution in [1.82, 2.24) is 0 Å². The van der Waals surface area contributed by atoms with E-state index in [1.54, 1.807) is 12.1 Å². The largest absolute Gasteiger partial charge is 0.514 e. The molecule has 0 aromatic heterocycles. The van der Waals surface area contributed by atoms with Gasteiger partial charge < -0.3 is 18.9 Å². The molecule has 0 radical (unpaired) electrons. The molecule has 0 saturated heterocycles. The first-order valence-electron chi connectivity index (χ1n) is 11.0. The Morgan fingerprint density at radius 3 is 2.00 bits per heavy atom. The molecule has 1 atom stereocenters. The molecule has 0 bridgehead atoms. The van der Waals surface area contributed by atoms with Gasteiger partial charge in [-0.05, 0) is 68.3 Å². The van der Waals surface area contributed by atoms with Crippen molar-refractivity contribution in [1.29, 1.82) is 0 Å². The van der Waals surface area contributed by atoms with Crippen LogP contribution in [-0.2, 0) is 9.47 Å². The number of ether oxygens (including phenoxy) is 4. The summed E-state index contributed by atoms with van der Waals surface area (Å²) in [4.78, 5) is 36.0. The molecule has 0 amide bonds. The molecule has 0 aliphatic rings. The van der Waals surface area contributed by atoms with Gasteiger partial charge in [0.15, 0.2) is 0 Å². The highest BCUT2D eigenvalue weighted by atomic mass is 16.7. The van der Waals surface area contributed by atoms with Gasteiger partial charge in [0, 0.05) is 0 Å². The third-order valence-corrected chi connectivity index (χ3v) is 4.68. The first kappa shape index (κ1) is 25.6. The van der Waals surface area contributed by atoms with E-state index in [0.29, 0.717) is 5.56 Å². The zero-order valence-corrected chi connectivity index (χ0v) is 19.1. The summed E-state index contributed by atoms with van der Waals surface area (Å²) in [6, 6.07) is 12.0. The molecule has 2 rings (SSSR count). The Balaban J connectivity index is 1.84. The summed E-state index contributed by atoms with van der Waals surface area (Å²) >= 11 is 0. The van der Waals surface area contributed by atoms with E-state index in [1.807, 2.05) is 6.92 Å². The first-order chi connectivity index (χ1) is 15.9. The second-order valence-corrected chi connectivity index (χ2v) is 7.46. The molecule has 0 saturated carbocycles. The molecule has 0 aliphatic heterocycles. The van der Waals surface area contributed by atoms with Crippen LogP contribution >= 0.6 is 0 Å². The minimum Gasteiger partial charge on any atom is -0.459 e. The van der Waals surface area contributed by atoms with E-state index in [9.17, 15) is 14.4 Å². The Bertz CT molecular complexity index is 917. The van der Waals surface area contributed by atoms with Crippen molar-refractivity contribution >= 4 is 18.1 Å². The molecule has 7 nitrogen and oxygen atoms in total. The first-order valence-corrected chi connectivity index (χ1v) is 11.0. The normalized spacial score (nSPS) is 11.2. The van der Waals surface area contributed by atoms with Crippen LogP contribution in [-0.4, -0.2) is 30.8 Å². The van der Waals surface area contributed by atoms with Crippen molar-refractivity contribution in [2.24, 2.45) is 0 Å². The molecular weight excluding hydrogens is 424 g/mol. The van der Waals surface area contributed by atoms with Crippen LogP contribution in [0.15, 0.2) is 61.2 Å². The maximum Gasteiger partial charge on any atom is 0.514 e. The predicted octanol–water partition coefficient (Wildman–Crippen LogP) is 6.12. The summed E-state index contributed by atoms with van der Waals surface area (Å²) in [5.74, 6) is -0.481. The van der Waals surface area contributed by atoms with E-state index in [-0.39, 0.29) is 29.8 Å². The van der Waals surface area contributed by atoms with E-state index in [0.717, 1.165) is 25.7 Å². The highest BCUT2D eigenvalue weighted by Gasteiger charge is 2.14. The maximum atomic E-state index is 12.3. The van der Waals surface area contributed by atoms with E-state index in [1.165, 1.54) is 48.9 Å². The van der Waals surface area contributed by atoms with Gasteiger partial charge in [0.1, 0.15) is 18.1 Å². The number of hydrogen-bond acceptors (Lipinski definition) is 7. The lowest BCUT2D eigenvalue weighted by Gasteiger charge is -2.13. The highest BCUT2D eigenvalue weighted by Crippen LogP contribution is 2.18. The molecule has 2 aromatic carbocycles. The molecule has 33 heavy (non-hydrogen) atoms. The number of unbranched alkanes of at least 4 members (excludes halogenated alkanes) is 3. The molecule has 2 aromatic rings. The molecule has 0 spiro atoms. The van der Waals surface area contributed by atoms with E-state index >= 15 is 0 Å². The Morgan fingerprint density at radius 1 is 0.848 bits per heavy atom. The van der Waals surface area contributed by atoms with Crippen LogP contribution < -0.4 is 9.47 Å². The van der Waals surface area contributed by atoms with Gasteiger partial charge in [0.25, 0.3) is 0 Å². The molecule has 7 heteroatoms. The summed E-state index contributed by atoms with van der Waals surface area (Å²) < 4.78 is 20.5. The van der Waals surface area contributed by atoms with Gasteiger partial charge in [-0.15, -0.1) is 0 Å². The minimum absolute atomic E-state index is 0.0395. The van der Waals surface area contributed by atoms with Gasteiger partial charge in [0.05, 0.1) is 17.2 Å². The molecule has 176 valence electrons. The fraction of sp³-hybridized carbons (Fsp3) is 0.346. The van der Waals surface area contributed by atoms with Crippen LogP contribution in [0.4, 0.5) is 4.79 Å². The van der Waals surface area contributed by atoms with Crippen molar-refractivity contribution in [3.63, 3.8) is 0 Å². The number of benzene rings is 2. The van der Waals surface area contributed by atoms with Crippen LogP contribution in [0.2, 0.25) is 0 Å². The average Bonchev–Trinajstić information content (AvgIpc) is 2.81. The van der Waals surface area contributed by atoms with Crippen molar-refractivity contribution in [2.75, 3.05) is 6.61 Å². The second kappa shape index (κ2) is 13.7. The summed E-state index contributed by atoms with van der Waals surface area (Å²) in [6.07, 6.45) is 5.76. The van der Waals surface area contributed by atoms with Gasteiger partial charge in [0.2, 0.25) is 0 Å². The fourth-order valence-electron chi connectivity index (χ4n) is 2.91. The van der Waals surface area contributed by atoms with Gasteiger partial charge in [-0.25, -0.2) is 14.4 Å². The smallest absolute Gasteiger partial charge is 0.459 e. The zero-order valence-electron chi connectivity index (χ0n) is 19.1.